The van der Waals surface area contributed by atoms with E-state index in [2.05, 4.69) is 9.72 Å². The van der Waals surface area contributed by atoms with Gasteiger partial charge in [-0.2, -0.15) is 0 Å². The maximum Gasteiger partial charge on any atom is 0.573 e. The lowest BCUT2D eigenvalue weighted by Gasteiger charge is -2.10. The Balaban J connectivity index is 2.99. The van der Waals surface area contributed by atoms with Crippen LogP contribution in [0.2, 0.25) is 0 Å². The van der Waals surface area contributed by atoms with Gasteiger partial charge in [-0.25, -0.2) is 4.98 Å². The molecule has 0 fully saturated rings. The number of aromatic nitrogens is 1. The van der Waals surface area contributed by atoms with Gasteiger partial charge in [-0.05, 0) is 6.07 Å². The lowest BCUT2D eigenvalue weighted by atomic mass is 10.3. The lowest BCUT2D eigenvalue weighted by Crippen LogP contribution is -2.19. The highest BCUT2D eigenvalue weighted by Crippen LogP contribution is 2.27. The molecule has 1 heterocycles. The number of nitrogens with zero attached hydrogens (tertiary/aromatic N) is 1. The molecule has 5 nitrogen and oxygen atoms in total. The van der Waals surface area contributed by atoms with Gasteiger partial charge >= 0.3 is 6.36 Å². The molecule has 1 aromatic heterocycles. The average Bonchev–Trinajstić information content (AvgIpc) is 2.05. The molecular formula is C7H6F3N3O2. The van der Waals surface area contributed by atoms with E-state index in [1.54, 1.807) is 0 Å². The first-order valence-corrected chi connectivity index (χ1v) is 3.60. The SMILES string of the molecule is NC(=O)c1cc(N)c(OC(F)(F)F)cn1. The van der Waals surface area contributed by atoms with E-state index in [4.69, 9.17) is 11.5 Å². The van der Waals surface area contributed by atoms with Crippen molar-refractivity contribution in [2.24, 2.45) is 5.73 Å². The van der Waals surface area contributed by atoms with Gasteiger partial charge in [-0.3, -0.25) is 4.79 Å². The van der Waals surface area contributed by atoms with Crippen molar-refractivity contribution in [3.63, 3.8) is 0 Å². The number of rotatable bonds is 2. The van der Waals surface area contributed by atoms with Gasteiger partial charge in [-0.15, -0.1) is 13.2 Å². The number of nitrogen functional groups attached to an aromatic ring is 1. The number of ether oxygens (including phenoxy) is 1. The van der Waals surface area contributed by atoms with Gasteiger partial charge in [0.2, 0.25) is 0 Å². The molecule has 8 heteroatoms. The third kappa shape index (κ3) is 3.01. The van der Waals surface area contributed by atoms with Crippen LogP contribution in [0, 0.1) is 0 Å². The first kappa shape index (κ1) is 11.1. The summed E-state index contributed by atoms with van der Waals surface area (Å²) in [6.07, 6.45) is -4.17. The van der Waals surface area contributed by atoms with Crippen molar-refractivity contribution >= 4 is 11.6 Å². The monoisotopic (exact) mass is 221 g/mol. The Morgan fingerprint density at radius 1 is 1.47 bits per heavy atom. The van der Waals surface area contributed by atoms with Gasteiger partial charge in [0.1, 0.15) is 5.69 Å². The third-order valence-electron chi connectivity index (χ3n) is 1.38. The summed E-state index contributed by atoms with van der Waals surface area (Å²) >= 11 is 0. The highest BCUT2D eigenvalue weighted by Gasteiger charge is 2.32. The Kier molecular flexibility index (Phi) is 2.69. The second-order valence-electron chi connectivity index (χ2n) is 2.52. The number of nitrogens with two attached hydrogens (primary N) is 2. The Labute approximate surface area is 81.8 Å². The van der Waals surface area contributed by atoms with Gasteiger partial charge in [0.15, 0.2) is 5.75 Å². The molecule has 82 valence electrons. The van der Waals surface area contributed by atoms with Crippen LogP contribution in [0.4, 0.5) is 18.9 Å². The zero-order chi connectivity index (χ0) is 11.6. The van der Waals surface area contributed by atoms with E-state index in [1.165, 1.54) is 0 Å². The molecule has 1 rings (SSSR count). The zero-order valence-corrected chi connectivity index (χ0v) is 7.21. The standard InChI is InChI=1S/C7H6F3N3O2/c8-7(9,10)15-5-2-13-4(6(12)14)1-3(5)11/h1-2H,(H2,11,13)(H2,12,14). The van der Waals surface area contributed by atoms with Crippen LogP contribution >= 0.6 is 0 Å². The fourth-order valence-corrected chi connectivity index (χ4v) is 0.803. The number of pyridine rings is 1. The van der Waals surface area contributed by atoms with E-state index in [9.17, 15) is 18.0 Å². The molecule has 0 spiro atoms. The van der Waals surface area contributed by atoms with E-state index in [0.717, 1.165) is 6.07 Å². The highest BCUT2D eigenvalue weighted by molar-refractivity contribution is 5.91. The van der Waals surface area contributed by atoms with Crippen LogP contribution in [0.5, 0.6) is 5.75 Å². The molecule has 0 atom stereocenters. The minimum Gasteiger partial charge on any atom is -0.402 e. The summed E-state index contributed by atoms with van der Waals surface area (Å²) in [6.45, 7) is 0. The van der Waals surface area contributed by atoms with Gasteiger partial charge < -0.3 is 16.2 Å². The van der Waals surface area contributed by atoms with Crippen molar-refractivity contribution in [3.8, 4) is 5.75 Å². The van der Waals surface area contributed by atoms with Crippen molar-refractivity contribution in [1.29, 1.82) is 0 Å². The van der Waals surface area contributed by atoms with E-state index in [-0.39, 0.29) is 11.4 Å². The van der Waals surface area contributed by atoms with Crippen molar-refractivity contribution in [2.75, 3.05) is 5.73 Å². The van der Waals surface area contributed by atoms with Crippen LogP contribution in [0.25, 0.3) is 0 Å². The Bertz CT molecular complexity index is 392. The molecule has 0 radical (unpaired) electrons. The summed E-state index contributed by atoms with van der Waals surface area (Å²) in [7, 11) is 0. The van der Waals surface area contributed by atoms with Gasteiger partial charge in [0.25, 0.3) is 5.91 Å². The number of halogens is 3. The Morgan fingerprint density at radius 2 is 2.07 bits per heavy atom. The summed E-state index contributed by atoms with van der Waals surface area (Å²) in [6, 6.07) is 0.906. The fraction of sp³-hybridized carbons (Fsp3) is 0.143. The summed E-state index contributed by atoms with van der Waals surface area (Å²) in [5, 5.41) is 0. The maximum absolute atomic E-state index is 11.8. The zero-order valence-electron chi connectivity index (χ0n) is 7.21. The van der Waals surface area contributed by atoms with Crippen molar-refractivity contribution in [2.45, 2.75) is 6.36 Å². The van der Waals surface area contributed by atoms with E-state index >= 15 is 0 Å². The molecule has 0 aliphatic rings. The lowest BCUT2D eigenvalue weighted by molar-refractivity contribution is -0.274. The summed E-state index contributed by atoms with van der Waals surface area (Å²) in [5.41, 5.74) is 9.43. The van der Waals surface area contributed by atoms with Crippen LogP contribution in [0.3, 0.4) is 0 Å². The molecule has 1 aromatic rings. The van der Waals surface area contributed by atoms with Gasteiger partial charge in [-0.1, -0.05) is 0 Å². The second-order valence-corrected chi connectivity index (χ2v) is 2.52. The molecule has 0 bridgehead atoms. The number of primary amides is 1. The van der Waals surface area contributed by atoms with Crippen molar-refractivity contribution < 1.29 is 22.7 Å². The van der Waals surface area contributed by atoms with Crippen LogP contribution in [0.15, 0.2) is 12.3 Å². The van der Waals surface area contributed by atoms with Crippen LogP contribution < -0.4 is 16.2 Å². The van der Waals surface area contributed by atoms with E-state index < -0.39 is 18.0 Å². The van der Waals surface area contributed by atoms with Crippen LogP contribution in [-0.2, 0) is 0 Å². The fourth-order valence-electron chi connectivity index (χ4n) is 0.803. The minimum atomic E-state index is -4.86. The summed E-state index contributed by atoms with van der Waals surface area (Å²) in [5.74, 6) is -1.56. The number of carbonyl (C=O) groups excluding carboxylic acids is 1. The predicted octanol–water partition coefficient (Wildman–Crippen LogP) is 0.661. The van der Waals surface area contributed by atoms with Crippen molar-refractivity contribution in [1.82, 2.24) is 4.98 Å². The quantitative estimate of drug-likeness (QED) is 0.767. The second kappa shape index (κ2) is 3.64. The molecular weight excluding hydrogens is 215 g/mol. The molecule has 1 amide bonds. The molecule has 0 aromatic carbocycles. The van der Waals surface area contributed by atoms with Gasteiger partial charge in [0.05, 0.1) is 11.9 Å². The topological polar surface area (TPSA) is 91.2 Å². The normalized spacial score (nSPS) is 11.1. The Hall–Kier alpha value is -1.99. The van der Waals surface area contributed by atoms with Crippen molar-refractivity contribution in [3.05, 3.63) is 18.0 Å². The highest BCUT2D eigenvalue weighted by atomic mass is 19.4. The number of hydrogen-bond acceptors (Lipinski definition) is 4. The molecule has 4 N–H and O–H groups in total. The van der Waals surface area contributed by atoms with E-state index in [1.807, 2.05) is 0 Å². The molecule has 15 heavy (non-hydrogen) atoms. The average molecular weight is 221 g/mol. The third-order valence-corrected chi connectivity index (χ3v) is 1.38. The smallest absolute Gasteiger partial charge is 0.402 e. The van der Waals surface area contributed by atoms with Gasteiger partial charge in [0, 0.05) is 0 Å². The molecule has 0 saturated heterocycles. The predicted molar refractivity (Wildman–Crippen MR) is 43.9 cm³/mol. The van der Waals surface area contributed by atoms with Crippen LogP contribution in [-0.4, -0.2) is 17.3 Å². The first-order chi connectivity index (χ1) is 6.79. The first-order valence-electron chi connectivity index (χ1n) is 3.60. The molecule has 0 aliphatic carbocycles. The Morgan fingerprint density at radius 3 is 2.47 bits per heavy atom. The van der Waals surface area contributed by atoms with E-state index in [0.29, 0.717) is 6.20 Å². The number of anilines is 1. The van der Waals surface area contributed by atoms with Crippen LogP contribution in [0.1, 0.15) is 10.5 Å². The molecule has 0 aliphatic heterocycles. The largest absolute Gasteiger partial charge is 0.573 e. The number of carbonyl (C=O) groups is 1. The maximum atomic E-state index is 11.8. The minimum absolute atomic E-state index is 0.234. The summed E-state index contributed by atoms with van der Waals surface area (Å²) < 4.78 is 38.9. The number of amides is 1. The molecule has 0 saturated carbocycles. The number of hydrogen-bond donors (Lipinski definition) is 2. The number of alkyl halides is 3. The molecule has 0 unspecified atom stereocenters. The summed E-state index contributed by atoms with van der Waals surface area (Å²) in [4.78, 5) is 13.9.